The standard InChI is InChI=1S/C9H14N5O3P/c10-8(13-9(11)14-18(15,16)17)12-6-7-4-2-1-3-5-7/h1-5H,6H2,(H7,10,11,12,13,14,15,16,17)/p-2. The number of benzene rings is 1. The fourth-order valence-electron chi connectivity index (χ4n) is 1.09. The van der Waals surface area contributed by atoms with E-state index in [0.717, 1.165) is 5.56 Å². The van der Waals surface area contributed by atoms with Crippen molar-refractivity contribution in [3.63, 3.8) is 0 Å². The van der Waals surface area contributed by atoms with Crippen molar-refractivity contribution in [1.29, 1.82) is 0 Å². The third-order valence-corrected chi connectivity index (χ3v) is 2.22. The number of nitrogens with zero attached hydrogens (tertiary/aromatic N) is 2. The molecule has 0 fully saturated rings. The topological polar surface area (TPSA) is 158 Å². The summed E-state index contributed by atoms with van der Waals surface area (Å²) in [4.78, 5) is 34.8. The Hall–Kier alpha value is -1.73. The minimum absolute atomic E-state index is 0.131. The van der Waals surface area contributed by atoms with Crippen LogP contribution in [0.25, 0.3) is 0 Å². The Morgan fingerprint density at radius 2 is 1.72 bits per heavy atom. The van der Waals surface area contributed by atoms with Gasteiger partial charge in [-0.05, 0) is 13.7 Å². The van der Waals surface area contributed by atoms with E-state index in [1.54, 1.807) is 0 Å². The lowest BCUT2D eigenvalue weighted by Gasteiger charge is -2.34. The fourth-order valence-corrected chi connectivity index (χ4v) is 1.40. The van der Waals surface area contributed by atoms with Crippen molar-refractivity contribution in [2.45, 2.75) is 6.54 Å². The fraction of sp³-hybridized carbons (Fsp3) is 0.111. The van der Waals surface area contributed by atoms with E-state index in [9.17, 15) is 14.7 Å². The maximum Gasteiger partial charge on any atom is 0.234 e. The number of nitrogens with one attached hydrogen (secondary N) is 1. The summed E-state index contributed by atoms with van der Waals surface area (Å²) < 4.78 is 2.67. The normalized spacial score (nSPS) is 13.5. The molecule has 0 heterocycles. The summed E-state index contributed by atoms with van der Waals surface area (Å²) >= 11 is 0. The molecule has 0 spiro atoms. The lowest BCUT2D eigenvalue weighted by Crippen LogP contribution is -2.43. The predicted molar refractivity (Wildman–Crippen MR) is 63.4 cm³/mol. The highest BCUT2D eigenvalue weighted by molar-refractivity contribution is 7.52. The van der Waals surface area contributed by atoms with E-state index in [-0.39, 0.29) is 5.96 Å². The molecular formula is C9H12N5O3P-2. The first-order valence-electron chi connectivity index (χ1n) is 4.85. The van der Waals surface area contributed by atoms with Crippen LogP contribution in [-0.4, -0.2) is 11.9 Å². The average Bonchev–Trinajstić information content (AvgIpc) is 2.25. The summed E-state index contributed by atoms with van der Waals surface area (Å²) in [6.45, 7) is 0.291. The van der Waals surface area contributed by atoms with Crippen LogP contribution in [-0.2, 0) is 6.54 Å². The number of rotatable bonds is 3. The second-order valence-electron chi connectivity index (χ2n) is 3.27. The van der Waals surface area contributed by atoms with Crippen LogP contribution < -0.4 is 31.5 Å². The molecule has 18 heavy (non-hydrogen) atoms. The van der Waals surface area contributed by atoms with E-state index in [1.165, 1.54) is 0 Å². The second-order valence-corrected chi connectivity index (χ2v) is 4.40. The molecule has 8 nitrogen and oxygen atoms in total. The van der Waals surface area contributed by atoms with Gasteiger partial charge in [-0.2, -0.15) is 0 Å². The molecule has 0 radical (unpaired) electrons. The highest BCUT2D eigenvalue weighted by Gasteiger charge is 2.00. The SMILES string of the molecule is NC(=NCc1ccccc1)NC(N)=N[P+]([O-])([O-])[O-]. The molecule has 1 aromatic carbocycles. The molecule has 0 unspecified atom stereocenters. The van der Waals surface area contributed by atoms with E-state index in [2.05, 4.69) is 15.1 Å². The van der Waals surface area contributed by atoms with Crippen LogP contribution in [0.2, 0.25) is 0 Å². The molecule has 1 aromatic rings. The first-order chi connectivity index (χ1) is 8.37. The van der Waals surface area contributed by atoms with Crippen LogP contribution in [0.3, 0.4) is 0 Å². The van der Waals surface area contributed by atoms with Gasteiger partial charge in [0.1, 0.15) is 0 Å². The van der Waals surface area contributed by atoms with Gasteiger partial charge in [0.05, 0.1) is 6.54 Å². The number of aliphatic imine (C=N–C) groups is 1. The Labute approximate surface area is 104 Å². The lowest BCUT2D eigenvalue weighted by molar-refractivity contribution is -0.427. The van der Waals surface area contributed by atoms with Crippen molar-refractivity contribution in [1.82, 2.24) is 5.32 Å². The first-order valence-corrected chi connectivity index (χ1v) is 6.35. The third-order valence-electron chi connectivity index (χ3n) is 1.76. The minimum atomic E-state index is -5.07. The number of nitrogens with two attached hydrogens (primary N) is 2. The van der Waals surface area contributed by atoms with Gasteiger partial charge in [-0.3, -0.25) is 5.32 Å². The third kappa shape index (κ3) is 6.12. The highest BCUT2D eigenvalue weighted by Crippen LogP contribution is 2.28. The zero-order chi connectivity index (χ0) is 13.6. The van der Waals surface area contributed by atoms with Crippen molar-refractivity contribution in [3.05, 3.63) is 35.9 Å². The second kappa shape index (κ2) is 6.27. The Morgan fingerprint density at radius 3 is 2.28 bits per heavy atom. The van der Waals surface area contributed by atoms with E-state index in [4.69, 9.17) is 11.5 Å². The average molecular weight is 269 g/mol. The van der Waals surface area contributed by atoms with Crippen LogP contribution in [0.5, 0.6) is 0 Å². The zero-order valence-corrected chi connectivity index (χ0v) is 10.2. The summed E-state index contributed by atoms with van der Waals surface area (Å²) in [6, 6.07) is 9.24. The van der Waals surface area contributed by atoms with Gasteiger partial charge in [0, 0.05) is 0 Å². The molecule has 0 aliphatic carbocycles. The van der Waals surface area contributed by atoms with Gasteiger partial charge in [-0.1, -0.05) is 30.3 Å². The molecule has 98 valence electrons. The van der Waals surface area contributed by atoms with Gasteiger partial charge in [0.2, 0.25) is 5.96 Å². The molecule has 0 aliphatic heterocycles. The van der Waals surface area contributed by atoms with Crippen molar-refractivity contribution < 1.29 is 14.7 Å². The van der Waals surface area contributed by atoms with Crippen LogP contribution >= 0.6 is 8.09 Å². The monoisotopic (exact) mass is 269 g/mol. The van der Waals surface area contributed by atoms with Crippen LogP contribution in [0, 0.1) is 0 Å². The summed E-state index contributed by atoms with van der Waals surface area (Å²) in [5.74, 6) is -0.744. The van der Waals surface area contributed by atoms with Gasteiger partial charge < -0.3 is 26.1 Å². The Kier molecular flexibility index (Phi) is 4.99. The van der Waals surface area contributed by atoms with Crippen LogP contribution in [0.15, 0.2) is 40.1 Å². The molecule has 9 heteroatoms. The van der Waals surface area contributed by atoms with E-state index < -0.39 is 14.1 Å². The van der Waals surface area contributed by atoms with Crippen molar-refractivity contribution in [3.8, 4) is 0 Å². The zero-order valence-electron chi connectivity index (χ0n) is 9.31. The first kappa shape index (κ1) is 14.3. The van der Waals surface area contributed by atoms with E-state index >= 15 is 0 Å². The van der Waals surface area contributed by atoms with Gasteiger partial charge >= 0.3 is 0 Å². The molecule has 1 rings (SSSR count). The largest absolute Gasteiger partial charge is 0.667 e. The Bertz CT molecular complexity index is 443. The van der Waals surface area contributed by atoms with Crippen LogP contribution in [0.1, 0.15) is 5.56 Å². The predicted octanol–water partition coefficient (Wildman–Crippen LogP) is -2.84. The number of hydrogen-bond acceptors (Lipinski definition) is 5. The van der Waals surface area contributed by atoms with Gasteiger partial charge in [0.25, 0.3) is 0 Å². The van der Waals surface area contributed by atoms with Crippen molar-refractivity contribution in [2.24, 2.45) is 21.2 Å². The molecule has 0 aromatic heterocycles. The molecule has 0 bridgehead atoms. The highest BCUT2D eigenvalue weighted by atomic mass is 31.2. The quantitative estimate of drug-likeness (QED) is 0.304. The number of guanidine groups is 2. The molecule has 0 saturated carbocycles. The molecule has 5 N–H and O–H groups in total. The molecular weight excluding hydrogens is 257 g/mol. The summed E-state index contributed by atoms with van der Waals surface area (Å²) in [5.41, 5.74) is 11.5. The molecule has 0 saturated heterocycles. The summed E-state index contributed by atoms with van der Waals surface area (Å²) in [5, 5.41) is 2.19. The maximum atomic E-state index is 10.3. The van der Waals surface area contributed by atoms with E-state index in [1.807, 2.05) is 30.3 Å². The molecule has 0 atom stereocenters. The smallest absolute Gasteiger partial charge is 0.234 e. The van der Waals surface area contributed by atoms with Crippen molar-refractivity contribution >= 4 is 20.0 Å². The minimum Gasteiger partial charge on any atom is -0.667 e. The Balaban J connectivity index is 2.55. The maximum absolute atomic E-state index is 10.3. The molecule has 0 amide bonds. The number of hydrogen-bond donors (Lipinski definition) is 3. The van der Waals surface area contributed by atoms with E-state index in [0.29, 0.717) is 6.54 Å². The van der Waals surface area contributed by atoms with Gasteiger partial charge in [-0.25, -0.2) is 4.99 Å². The van der Waals surface area contributed by atoms with Crippen LogP contribution in [0.4, 0.5) is 0 Å². The van der Waals surface area contributed by atoms with Gasteiger partial charge in [-0.15, -0.1) is 4.76 Å². The Morgan fingerprint density at radius 1 is 1.11 bits per heavy atom. The summed E-state index contributed by atoms with van der Waals surface area (Å²) in [7, 11) is -5.07. The lowest BCUT2D eigenvalue weighted by atomic mass is 10.2. The molecule has 0 aliphatic rings. The van der Waals surface area contributed by atoms with Crippen molar-refractivity contribution in [2.75, 3.05) is 0 Å². The van der Waals surface area contributed by atoms with Gasteiger partial charge in [0.15, 0.2) is 5.96 Å². The summed E-state index contributed by atoms with van der Waals surface area (Å²) in [6.07, 6.45) is 0.